The summed E-state index contributed by atoms with van der Waals surface area (Å²) in [5.41, 5.74) is 2.00. The molecule has 1 aromatic rings. The first kappa shape index (κ1) is 19.7. The van der Waals surface area contributed by atoms with Crippen molar-refractivity contribution >= 4 is 17.3 Å². The summed E-state index contributed by atoms with van der Waals surface area (Å²) < 4.78 is 0. The van der Waals surface area contributed by atoms with E-state index >= 15 is 0 Å². The number of amides is 1. The van der Waals surface area contributed by atoms with E-state index in [1.54, 1.807) is 0 Å². The fraction of sp³-hybridized carbons (Fsp3) is 0.632. The van der Waals surface area contributed by atoms with Crippen LogP contribution in [0.3, 0.4) is 0 Å². The molecule has 6 nitrogen and oxygen atoms in total. The van der Waals surface area contributed by atoms with Crippen LogP contribution in [0.4, 0.5) is 11.4 Å². The molecule has 2 N–H and O–H groups in total. The van der Waals surface area contributed by atoms with Gasteiger partial charge in [0.15, 0.2) is 0 Å². The van der Waals surface area contributed by atoms with Gasteiger partial charge in [-0.15, -0.1) is 0 Å². The van der Waals surface area contributed by atoms with E-state index in [1.807, 2.05) is 12.1 Å². The molecule has 1 fully saturated rings. The van der Waals surface area contributed by atoms with Gasteiger partial charge in [0, 0.05) is 57.1 Å². The fourth-order valence-electron chi connectivity index (χ4n) is 3.17. The average molecular weight is 348 g/mol. The topological polar surface area (TPSA) is 59.1 Å². The van der Waals surface area contributed by atoms with Crippen LogP contribution in [0.2, 0.25) is 0 Å². The monoisotopic (exact) mass is 348 g/mol. The first-order valence-corrected chi connectivity index (χ1v) is 9.36. The zero-order chi connectivity index (χ0) is 18.1. The van der Waals surface area contributed by atoms with Gasteiger partial charge < -0.3 is 20.2 Å². The molecule has 6 heteroatoms. The van der Waals surface area contributed by atoms with E-state index in [4.69, 9.17) is 5.11 Å². The molecule has 2 rings (SSSR count). The third-order valence-corrected chi connectivity index (χ3v) is 4.83. The van der Waals surface area contributed by atoms with Crippen molar-refractivity contribution in [2.75, 3.05) is 69.2 Å². The summed E-state index contributed by atoms with van der Waals surface area (Å²) in [4.78, 5) is 19.0. The molecule has 0 aromatic heterocycles. The summed E-state index contributed by atoms with van der Waals surface area (Å²) in [5, 5.41) is 12.1. The van der Waals surface area contributed by atoms with Crippen molar-refractivity contribution in [1.29, 1.82) is 0 Å². The van der Waals surface area contributed by atoms with Crippen molar-refractivity contribution in [3.05, 3.63) is 24.3 Å². The molecule has 1 aliphatic heterocycles. The Morgan fingerprint density at radius 1 is 1.20 bits per heavy atom. The Bertz CT molecular complexity index is 526. The lowest BCUT2D eigenvalue weighted by atomic mass is 10.2. The number of nitrogens with zero attached hydrogens (tertiary/aromatic N) is 3. The molecule has 1 saturated heterocycles. The molecular formula is C19H32N4O2. The van der Waals surface area contributed by atoms with Gasteiger partial charge in [-0.05, 0) is 31.3 Å². The second-order valence-electron chi connectivity index (χ2n) is 6.43. The highest BCUT2D eigenvalue weighted by Crippen LogP contribution is 2.21. The Kier molecular flexibility index (Phi) is 8.18. The lowest BCUT2D eigenvalue weighted by Gasteiger charge is -2.35. The summed E-state index contributed by atoms with van der Waals surface area (Å²) in [6.07, 6.45) is 0.520. The summed E-state index contributed by atoms with van der Waals surface area (Å²) in [6, 6.07) is 8.08. The zero-order valence-electron chi connectivity index (χ0n) is 15.6. The molecule has 1 heterocycles. The van der Waals surface area contributed by atoms with E-state index in [0.717, 1.165) is 63.7 Å². The van der Waals surface area contributed by atoms with Crippen LogP contribution >= 0.6 is 0 Å². The highest BCUT2D eigenvalue weighted by atomic mass is 16.3. The maximum Gasteiger partial charge on any atom is 0.225 e. The summed E-state index contributed by atoms with van der Waals surface area (Å²) in [5.74, 6) is 0.0665. The number of carbonyl (C=O) groups excluding carboxylic acids is 1. The largest absolute Gasteiger partial charge is 0.395 e. The Labute approximate surface area is 151 Å². The second kappa shape index (κ2) is 10.4. The number of anilines is 2. The van der Waals surface area contributed by atoms with Gasteiger partial charge in [-0.25, -0.2) is 0 Å². The molecule has 0 spiro atoms. The van der Waals surface area contributed by atoms with Crippen molar-refractivity contribution in [2.45, 2.75) is 20.3 Å². The van der Waals surface area contributed by atoms with Crippen LogP contribution in [-0.4, -0.2) is 79.8 Å². The highest BCUT2D eigenvalue weighted by molar-refractivity contribution is 5.91. The standard InChI is InChI=1S/C19H32N4O2/c1-3-21(4-2)9-8-19(25)20-17-6-5-7-18(16-17)23-12-10-22(11-13-23)14-15-24/h5-7,16,24H,3-4,8-15H2,1-2H3,(H,20,25). The maximum atomic E-state index is 12.2. The molecule has 1 amide bonds. The number of benzene rings is 1. The summed E-state index contributed by atoms with van der Waals surface area (Å²) in [7, 11) is 0. The Morgan fingerprint density at radius 3 is 2.56 bits per heavy atom. The summed E-state index contributed by atoms with van der Waals surface area (Å²) in [6.45, 7) is 11.7. The van der Waals surface area contributed by atoms with Gasteiger partial charge >= 0.3 is 0 Å². The Hall–Kier alpha value is -1.63. The van der Waals surface area contributed by atoms with Crippen LogP contribution in [0, 0.1) is 0 Å². The maximum absolute atomic E-state index is 12.2. The van der Waals surface area contributed by atoms with Gasteiger partial charge in [-0.1, -0.05) is 19.9 Å². The third-order valence-electron chi connectivity index (χ3n) is 4.83. The van der Waals surface area contributed by atoms with E-state index in [-0.39, 0.29) is 12.5 Å². The predicted molar refractivity (Wildman–Crippen MR) is 103 cm³/mol. The van der Waals surface area contributed by atoms with E-state index in [0.29, 0.717) is 6.42 Å². The van der Waals surface area contributed by atoms with Gasteiger partial charge in [-0.2, -0.15) is 0 Å². The number of rotatable bonds is 9. The second-order valence-corrected chi connectivity index (χ2v) is 6.43. The van der Waals surface area contributed by atoms with Gasteiger partial charge in [0.05, 0.1) is 6.61 Å². The molecule has 0 saturated carbocycles. The normalized spacial score (nSPS) is 15.6. The molecule has 0 unspecified atom stereocenters. The quantitative estimate of drug-likeness (QED) is 0.708. The SMILES string of the molecule is CCN(CC)CCC(=O)Nc1cccc(N2CCN(CCO)CC2)c1. The lowest BCUT2D eigenvalue weighted by molar-refractivity contribution is -0.116. The molecule has 140 valence electrons. The van der Waals surface area contributed by atoms with Gasteiger partial charge in [0.2, 0.25) is 5.91 Å². The minimum atomic E-state index is 0.0665. The number of piperazine rings is 1. The number of aliphatic hydroxyl groups is 1. The Balaban J connectivity index is 1.85. The Morgan fingerprint density at radius 2 is 1.92 bits per heavy atom. The van der Waals surface area contributed by atoms with Crippen molar-refractivity contribution in [2.24, 2.45) is 0 Å². The zero-order valence-corrected chi connectivity index (χ0v) is 15.6. The van der Waals surface area contributed by atoms with E-state index in [9.17, 15) is 4.79 Å². The third kappa shape index (κ3) is 6.30. The number of aliphatic hydroxyl groups excluding tert-OH is 1. The fourth-order valence-corrected chi connectivity index (χ4v) is 3.17. The molecular weight excluding hydrogens is 316 g/mol. The van der Waals surface area contributed by atoms with Crippen LogP contribution < -0.4 is 10.2 Å². The summed E-state index contributed by atoms with van der Waals surface area (Å²) >= 11 is 0. The minimum absolute atomic E-state index is 0.0665. The van der Waals surface area contributed by atoms with Gasteiger partial charge in [-0.3, -0.25) is 9.69 Å². The first-order valence-electron chi connectivity index (χ1n) is 9.36. The van der Waals surface area contributed by atoms with Crippen molar-refractivity contribution in [3.8, 4) is 0 Å². The number of carbonyl (C=O) groups is 1. The average Bonchev–Trinajstić information content (AvgIpc) is 2.64. The van der Waals surface area contributed by atoms with Gasteiger partial charge in [0.25, 0.3) is 0 Å². The van der Waals surface area contributed by atoms with Crippen LogP contribution in [0.1, 0.15) is 20.3 Å². The van der Waals surface area contributed by atoms with Crippen LogP contribution in [0.25, 0.3) is 0 Å². The minimum Gasteiger partial charge on any atom is -0.395 e. The smallest absolute Gasteiger partial charge is 0.225 e. The molecule has 0 aliphatic carbocycles. The highest BCUT2D eigenvalue weighted by Gasteiger charge is 2.17. The molecule has 1 aliphatic rings. The van der Waals surface area contributed by atoms with Crippen LogP contribution in [0.15, 0.2) is 24.3 Å². The number of nitrogens with one attached hydrogen (secondary N) is 1. The first-order chi connectivity index (χ1) is 12.2. The van der Waals surface area contributed by atoms with E-state index < -0.39 is 0 Å². The van der Waals surface area contributed by atoms with Crippen molar-refractivity contribution in [1.82, 2.24) is 9.80 Å². The van der Waals surface area contributed by atoms with Crippen molar-refractivity contribution in [3.63, 3.8) is 0 Å². The molecule has 0 radical (unpaired) electrons. The van der Waals surface area contributed by atoms with Crippen LogP contribution in [0.5, 0.6) is 0 Å². The molecule has 1 aromatic carbocycles. The molecule has 0 bridgehead atoms. The molecule has 0 atom stereocenters. The van der Waals surface area contributed by atoms with Gasteiger partial charge in [0.1, 0.15) is 0 Å². The van der Waals surface area contributed by atoms with E-state index in [2.05, 4.69) is 46.0 Å². The lowest BCUT2D eigenvalue weighted by Crippen LogP contribution is -2.47. The predicted octanol–water partition coefficient (Wildman–Crippen LogP) is 1.47. The van der Waals surface area contributed by atoms with Crippen LogP contribution in [-0.2, 0) is 4.79 Å². The number of β-amino-alcohol motifs (C(OH)–C–C–N with tert-alkyl or cyclic N) is 1. The number of hydrogen-bond acceptors (Lipinski definition) is 5. The molecule has 25 heavy (non-hydrogen) atoms. The van der Waals surface area contributed by atoms with E-state index in [1.165, 1.54) is 0 Å². The number of hydrogen-bond donors (Lipinski definition) is 2. The van der Waals surface area contributed by atoms with Crippen molar-refractivity contribution < 1.29 is 9.90 Å².